The lowest BCUT2D eigenvalue weighted by molar-refractivity contribution is -0.0585. The van der Waals surface area contributed by atoms with Crippen molar-refractivity contribution in [3.63, 3.8) is 0 Å². The minimum Gasteiger partial charge on any atom is -0.444 e. The highest BCUT2D eigenvalue weighted by molar-refractivity contribution is 6.21. The van der Waals surface area contributed by atoms with Gasteiger partial charge >= 0.3 is 12.1 Å². The molecule has 0 aliphatic carbocycles. The average Bonchev–Trinajstić information content (AvgIpc) is 3.21. The molecular formula is C21H22N4O6. The van der Waals surface area contributed by atoms with Crippen molar-refractivity contribution < 1.29 is 28.8 Å². The predicted molar refractivity (Wildman–Crippen MR) is 106 cm³/mol. The van der Waals surface area contributed by atoms with Gasteiger partial charge < -0.3 is 14.9 Å². The second-order valence-electron chi connectivity index (χ2n) is 8.39. The number of hydrogen-bond acceptors (Lipinski definition) is 7. The van der Waals surface area contributed by atoms with Crippen LogP contribution < -0.4 is 5.32 Å². The van der Waals surface area contributed by atoms with Gasteiger partial charge in [-0.1, -0.05) is 17.2 Å². The minimum atomic E-state index is -0.867. The van der Waals surface area contributed by atoms with Gasteiger partial charge in [-0.05, 0) is 39.3 Å². The number of alkyl carbamates (subject to hydrolysis) is 1. The van der Waals surface area contributed by atoms with Crippen molar-refractivity contribution in [2.45, 2.75) is 51.8 Å². The molecule has 1 atom stereocenters. The van der Waals surface area contributed by atoms with Crippen LogP contribution in [0.1, 0.15) is 64.0 Å². The number of hydroxylamine groups is 2. The second-order valence-corrected chi connectivity index (χ2v) is 8.39. The number of amides is 3. The van der Waals surface area contributed by atoms with Gasteiger partial charge in [0.25, 0.3) is 11.8 Å². The quantitative estimate of drug-likeness (QED) is 0.746. The van der Waals surface area contributed by atoms with E-state index in [9.17, 15) is 19.2 Å². The van der Waals surface area contributed by atoms with E-state index in [4.69, 9.17) is 9.57 Å². The molecule has 0 bridgehead atoms. The molecule has 2 aliphatic heterocycles. The van der Waals surface area contributed by atoms with Crippen molar-refractivity contribution in [3.8, 4) is 0 Å². The van der Waals surface area contributed by atoms with Gasteiger partial charge in [-0.2, -0.15) is 5.10 Å². The van der Waals surface area contributed by atoms with Crippen LogP contribution in [0.2, 0.25) is 0 Å². The van der Waals surface area contributed by atoms with Crippen molar-refractivity contribution in [3.05, 3.63) is 52.8 Å². The Kier molecular flexibility index (Phi) is 5.00. The molecule has 10 heteroatoms. The lowest BCUT2D eigenvalue weighted by Gasteiger charge is -2.27. The summed E-state index contributed by atoms with van der Waals surface area (Å²) in [5, 5.41) is 7.45. The number of nitrogens with one attached hydrogen (secondary N) is 1. The fourth-order valence-electron chi connectivity index (χ4n) is 3.58. The van der Waals surface area contributed by atoms with E-state index in [1.807, 2.05) is 0 Å². The topological polar surface area (TPSA) is 120 Å². The van der Waals surface area contributed by atoms with Crippen LogP contribution in [0.5, 0.6) is 0 Å². The van der Waals surface area contributed by atoms with E-state index in [1.54, 1.807) is 37.6 Å². The molecule has 3 amide bonds. The van der Waals surface area contributed by atoms with Crippen LogP contribution in [0.3, 0.4) is 0 Å². The first-order valence-electron chi connectivity index (χ1n) is 9.88. The predicted octanol–water partition coefficient (Wildman–Crippen LogP) is 2.09. The highest BCUT2D eigenvalue weighted by Crippen LogP contribution is 2.25. The summed E-state index contributed by atoms with van der Waals surface area (Å²) in [6.07, 6.45) is 1.73. The lowest BCUT2D eigenvalue weighted by Crippen LogP contribution is -2.43. The molecule has 3 heterocycles. The normalized spacial score (nSPS) is 17.8. The molecule has 0 spiro atoms. The highest BCUT2D eigenvalue weighted by Gasteiger charge is 2.39. The number of fused-ring (bicyclic) bond motifs is 2. The zero-order valence-corrected chi connectivity index (χ0v) is 17.4. The zero-order chi connectivity index (χ0) is 22.3. The molecule has 10 nitrogen and oxygen atoms in total. The Morgan fingerprint density at radius 3 is 2.39 bits per heavy atom. The van der Waals surface area contributed by atoms with Crippen LogP contribution >= 0.6 is 0 Å². The summed E-state index contributed by atoms with van der Waals surface area (Å²) in [5.41, 5.74) is 0.418. The summed E-state index contributed by atoms with van der Waals surface area (Å²) < 4.78 is 6.93. The molecule has 1 aromatic carbocycles. The minimum absolute atomic E-state index is 0.132. The van der Waals surface area contributed by atoms with Crippen molar-refractivity contribution in [1.29, 1.82) is 0 Å². The molecular weight excluding hydrogens is 404 g/mol. The Labute approximate surface area is 178 Å². The van der Waals surface area contributed by atoms with Crippen molar-refractivity contribution in [1.82, 2.24) is 20.2 Å². The number of imide groups is 1. The number of ether oxygens (including phenoxy) is 1. The van der Waals surface area contributed by atoms with Gasteiger partial charge in [0.05, 0.1) is 23.0 Å². The third kappa shape index (κ3) is 4.00. The van der Waals surface area contributed by atoms with Crippen molar-refractivity contribution >= 4 is 23.9 Å². The summed E-state index contributed by atoms with van der Waals surface area (Å²) in [4.78, 5) is 54.8. The molecule has 1 aromatic heterocycles. The lowest BCUT2D eigenvalue weighted by atomic mass is 10.0. The average molecular weight is 426 g/mol. The summed E-state index contributed by atoms with van der Waals surface area (Å²) >= 11 is 0. The molecule has 2 aromatic rings. The van der Waals surface area contributed by atoms with Gasteiger partial charge in [0.2, 0.25) is 0 Å². The molecule has 0 saturated carbocycles. The number of rotatable bonds is 3. The van der Waals surface area contributed by atoms with Gasteiger partial charge in [0.15, 0.2) is 0 Å². The fourth-order valence-corrected chi connectivity index (χ4v) is 3.58. The molecule has 0 radical (unpaired) electrons. The number of aryl methyl sites for hydroxylation is 1. The van der Waals surface area contributed by atoms with Gasteiger partial charge in [0.1, 0.15) is 11.2 Å². The Bertz CT molecular complexity index is 1050. The van der Waals surface area contributed by atoms with Gasteiger partial charge in [-0.25, -0.2) is 9.59 Å². The zero-order valence-electron chi connectivity index (χ0n) is 17.4. The van der Waals surface area contributed by atoms with Crippen molar-refractivity contribution in [2.24, 2.45) is 0 Å². The monoisotopic (exact) mass is 426 g/mol. The molecule has 0 fully saturated rings. The SMILES string of the molecule is CC(C)(C)OC(=O)NC1CCn2ncc(C(=O)ON3C(=O)c4ccccc4C3=O)c2C1. The van der Waals surface area contributed by atoms with E-state index in [0.717, 1.165) is 0 Å². The summed E-state index contributed by atoms with van der Waals surface area (Å²) in [7, 11) is 0. The third-order valence-electron chi connectivity index (χ3n) is 4.95. The largest absolute Gasteiger partial charge is 0.444 e. The van der Waals surface area contributed by atoms with E-state index < -0.39 is 29.5 Å². The molecule has 31 heavy (non-hydrogen) atoms. The van der Waals surface area contributed by atoms with Crippen LogP contribution in [-0.2, 0) is 22.5 Å². The Balaban J connectivity index is 1.46. The summed E-state index contributed by atoms with van der Waals surface area (Å²) in [6, 6.07) is 5.99. The van der Waals surface area contributed by atoms with Gasteiger partial charge in [-0.3, -0.25) is 14.3 Å². The second kappa shape index (κ2) is 7.53. The first-order chi connectivity index (χ1) is 14.6. The fraction of sp³-hybridized carbons (Fsp3) is 0.381. The van der Waals surface area contributed by atoms with Crippen LogP contribution in [-0.4, -0.2) is 50.4 Å². The Morgan fingerprint density at radius 2 is 1.77 bits per heavy atom. The number of carbonyl (C=O) groups is 4. The van der Waals surface area contributed by atoms with E-state index in [1.165, 1.54) is 18.3 Å². The van der Waals surface area contributed by atoms with Crippen LogP contribution in [0, 0.1) is 0 Å². The van der Waals surface area contributed by atoms with Gasteiger partial charge in [0, 0.05) is 19.0 Å². The molecule has 1 N–H and O–H groups in total. The summed E-state index contributed by atoms with van der Waals surface area (Å²) in [5.74, 6) is -2.26. The molecule has 0 saturated heterocycles. The number of aromatic nitrogens is 2. The third-order valence-corrected chi connectivity index (χ3v) is 4.95. The molecule has 1 unspecified atom stereocenters. The van der Waals surface area contributed by atoms with Crippen molar-refractivity contribution in [2.75, 3.05) is 0 Å². The maximum Gasteiger partial charge on any atom is 0.407 e. The van der Waals surface area contributed by atoms with Gasteiger partial charge in [-0.15, -0.1) is 0 Å². The van der Waals surface area contributed by atoms with Crippen LogP contribution in [0.25, 0.3) is 0 Å². The van der Waals surface area contributed by atoms with E-state index in [0.29, 0.717) is 30.1 Å². The highest BCUT2D eigenvalue weighted by atomic mass is 16.7. The first-order valence-corrected chi connectivity index (χ1v) is 9.88. The van der Waals surface area contributed by atoms with Crippen LogP contribution in [0.4, 0.5) is 4.79 Å². The molecule has 4 rings (SSSR count). The Hall–Kier alpha value is -3.69. The van der Waals surface area contributed by atoms with E-state index in [2.05, 4.69) is 10.4 Å². The Morgan fingerprint density at radius 1 is 1.13 bits per heavy atom. The number of nitrogens with zero attached hydrogens (tertiary/aromatic N) is 3. The van der Waals surface area contributed by atoms with Crippen LogP contribution in [0.15, 0.2) is 30.5 Å². The summed E-state index contributed by atoms with van der Waals surface area (Å²) in [6.45, 7) is 5.80. The number of benzene rings is 1. The smallest absolute Gasteiger partial charge is 0.407 e. The standard InChI is InChI=1S/C21H22N4O6/c1-21(2,3)30-20(29)23-12-8-9-24-16(10-12)15(11-22-24)19(28)31-25-17(26)13-6-4-5-7-14(13)18(25)27/h4-7,11-12H,8-10H2,1-3H3,(H,23,29). The number of carbonyl (C=O) groups excluding carboxylic acids is 4. The molecule has 162 valence electrons. The maximum absolute atomic E-state index is 12.8. The van der Waals surface area contributed by atoms with E-state index >= 15 is 0 Å². The number of hydrogen-bond donors (Lipinski definition) is 1. The maximum atomic E-state index is 12.8. The molecule has 2 aliphatic rings. The first kappa shape index (κ1) is 20.6. The van der Waals surface area contributed by atoms with E-state index in [-0.39, 0.29) is 22.7 Å².